The molecule has 0 saturated carbocycles. The first-order valence-electron chi connectivity index (χ1n) is 6.54. The molecule has 0 fully saturated rings. The molecule has 0 atom stereocenters. The first-order chi connectivity index (χ1) is 10.0. The number of halogens is 1. The number of sulfonamides is 1. The van der Waals surface area contributed by atoms with Crippen molar-refractivity contribution >= 4 is 21.6 Å². The third-order valence-electron chi connectivity index (χ3n) is 3.03. The Kier molecular flexibility index (Phi) is 5.36. The summed E-state index contributed by atoms with van der Waals surface area (Å²) in [6.45, 7) is 0.832. The van der Waals surface area contributed by atoms with Gasteiger partial charge in [0.1, 0.15) is 0 Å². The lowest BCUT2D eigenvalue weighted by Gasteiger charge is -2.08. The molecule has 6 heteroatoms. The Morgan fingerprint density at radius 3 is 2.33 bits per heavy atom. The zero-order valence-electron chi connectivity index (χ0n) is 11.4. The van der Waals surface area contributed by atoms with Crippen LogP contribution < -0.4 is 10.5 Å². The number of hydrogen-bond acceptors (Lipinski definition) is 3. The van der Waals surface area contributed by atoms with Gasteiger partial charge in [-0.2, -0.15) is 0 Å². The number of benzene rings is 2. The minimum absolute atomic E-state index is 0.162. The highest BCUT2D eigenvalue weighted by Crippen LogP contribution is 2.15. The average molecular weight is 325 g/mol. The Balaban J connectivity index is 2.04. The van der Waals surface area contributed by atoms with Gasteiger partial charge >= 0.3 is 0 Å². The van der Waals surface area contributed by atoms with Gasteiger partial charge in [0, 0.05) is 11.6 Å². The summed E-state index contributed by atoms with van der Waals surface area (Å²) in [5.74, 6) is 0. The lowest BCUT2D eigenvalue weighted by Crippen LogP contribution is -2.23. The molecule has 21 heavy (non-hydrogen) atoms. The molecule has 0 bridgehead atoms. The molecule has 2 rings (SSSR count). The molecule has 0 heterocycles. The Morgan fingerprint density at radius 2 is 1.71 bits per heavy atom. The van der Waals surface area contributed by atoms with E-state index in [9.17, 15) is 8.42 Å². The minimum atomic E-state index is -3.56. The van der Waals surface area contributed by atoms with E-state index in [1.165, 1.54) is 12.1 Å². The van der Waals surface area contributed by atoms with Gasteiger partial charge in [-0.3, -0.25) is 0 Å². The van der Waals surface area contributed by atoms with Gasteiger partial charge in [-0.05, 0) is 42.3 Å². The number of nitrogens with one attached hydrogen (secondary N) is 1. The molecule has 2 aromatic carbocycles. The van der Waals surface area contributed by atoms with Crippen LogP contribution in [0.2, 0.25) is 5.02 Å². The molecular weight excluding hydrogens is 308 g/mol. The number of nitrogens with two attached hydrogens (primary N) is 1. The molecule has 0 unspecified atom stereocenters. The fourth-order valence-corrected chi connectivity index (χ4v) is 3.20. The maximum absolute atomic E-state index is 12.1. The molecule has 0 radical (unpaired) electrons. The van der Waals surface area contributed by atoms with Crippen molar-refractivity contribution < 1.29 is 8.42 Å². The van der Waals surface area contributed by atoms with Crippen LogP contribution in [0, 0.1) is 0 Å². The van der Waals surface area contributed by atoms with E-state index in [-0.39, 0.29) is 11.4 Å². The van der Waals surface area contributed by atoms with Crippen LogP contribution in [-0.2, 0) is 23.0 Å². The van der Waals surface area contributed by atoms with Crippen molar-refractivity contribution in [2.24, 2.45) is 5.73 Å². The summed E-state index contributed by atoms with van der Waals surface area (Å²) >= 11 is 5.81. The van der Waals surface area contributed by atoms with Crippen molar-refractivity contribution in [2.75, 3.05) is 6.54 Å². The maximum atomic E-state index is 12.1. The van der Waals surface area contributed by atoms with E-state index in [1.807, 2.05) is 24.3 Å². The fourth-order valence-electron chi connectivity index (χ4n) is 1.89. The third-order valence-corrected chi connectivity index (χ3v) is 4.66. The normalized spacial score (nSPS) is 11.5. The van der Waals surface area contributed by atoms with E-state index >= 15 is 0 Å². The molecule has 0 saturated heterocycles. The largest absolute Gasteiger partial charge is 0.330 e. The third kappa shape index (κ3) is 4.54. The van der Waals surface area contributed by atoms with Crippen LogP contribution in [0.5, 0.6) is 0 Å². The molecule has 0 spiro atoms. The molecule has 0 aliphatic carbocycles. The molecule has 2 aromatic rings. The van der Waals surface area contributed by atoms with Gasteiger partial charge in [0.2, 0.25) is 10.0 Å². The van der Waals surface area contributed by atoms with E-state index < -0.39 is 10.0 Å². The quantitative estimate of drug-likeness (QED) is 0.856. The van der Waals surface area contributed by atoms with Gasteiger partial charge in [0.15, 0.2) is 0 Å². The average Bonchev–Trinajstić information content (AvgIpc) is 2.47. The van der Waals surface area contributed by atoms with Crippen molar-refractivity contribution in [3.05, 3.63) is 64.7 Å². The standard InChI is InChI=1S/C15H17ClN2O2S/c16-14-2-1-3-15(10-14)21(19,20)18-11-13-6-4-12(5-7-13)8-9-17/h1-7,10,18H,8-9,11,17H2. The smallest absolute Gasteiger partial charge is 0.240 e. The topological polar surface area (TPSA) is 72.2 Å². The molecule has 0 aliphatic rings. The van der Waals surface area contributed by atoms with E-state index in [0.717, 1.165) is 17.5 Å². The second-order valence-electron chi connectivity index (χ2n) is 4.64. The second kappa shape index (κ2) is 7.04. The van der Waals surface area contributed by atoms with Crippen molar-refractivity contribution in [3.63, 3.8) is 0 Å². The zero-order valence-corrected chi connectivity index (χ0v) is 13.0. The lowest BCUT2D eigenvalue weighted by molar-refractivity contribution is 0.581. The first kappa shape index (κ1) is 16.0. The lowest BCUT2D eigenvalue weighted by atomic mass is 10.1. The van der Waals surface area contributed by atoms with Gasteiger partial charge in [-0.15, -0.1) is 0 Å². The van der Waals surface area contributed by atoms with Crippen molar-refractivity contribution in [1.29, 1.82) is 0 Å². The Bertz CT molecular complexity index is 700. The highest BCUT2D eigenvalue weighted by atomic mass is 35.5. The Labute approximate surface area is 130 Å². The van der Waals surface area contributed by atoms with Gasteiger partial charge in [-0.1, -0.05) is 41.9 Å². The van der Waals surface area contributed by atoms with Crippen molar-refractivity contribution in [3.8, 4) is 0 Å². The Morgan fingerprint density at radius 1 is 1.05 bits per heavy atom. The zero-order chi connectivity index (χ0) is 15.3. The molecule has 112 valence electrons. The van der Waals surface area contributed by atoms with Crippen LogP contribution in [-0.4, -0.2) is 15.0 Å². The molecule has 3 N–H and O–H groups in total. The van der Waals surface area contributed by atoms with E-state index in [4.69, 9.17) is 17.3 Å². The van der Waals surface area contributed by atoms with Crippen molar-refractivity contribution in [1.82, 2.24) is 4.72 Å². The van der Waals surface area contributed by atoms with E-state index in [2.05, 4.69) is 4.72 Å². The molecular formula is C15H17ClN2O2S. The predicted molar refractivity (Wildman–Crippen MR) is 84.7 cm³/mol. The monoisotopic (exact) mass is 324 g/mol. The van der Waals surface area contributed by atoms with Gasteiger partial charge in [-0.25, -0.2) is 13.1 Å². The summed E-state index contributed by atoms with van der Waals surface area (Å²) in [5, 5.41) is 0.393. The van der Waals surface area contributed by atoms with E-state index in [1.54, 1.807) is 12.1 Å². The molecule has 0 amide bonds. The van der Waals surface area contributed by atoms with Crippen LogP contribution in [0.1, 0.15) is 11.1 Å². The Hall–Kier alpha value is -1.40. The maximum Gasteiger partial charge on any atom is 0.240 e. The predicted octanol–water partition coefficient (Wildman–Crippen LogP) is 2.32. The summed E-state index contributed by atoms with van der Waals surface area (Å²) in [4.78, 5) is 0.162. The van der Waals surface area contributed by atoms with Crippen LogP contribution >= 0.6 is 11.6 Å². The summed E-state index contributed by atoms with van der Waals surface area (Å²) in [7, 11) is -3.56. The fraction of sp³-hybridized carbons (Fsp3) is 0.200. The van der Waals surface area contributed by atoms with Crippen LogP contribution in [0.25, 0.3) is 0 Å². The van der Waals surface area contributed by atoms with Gasteiger partial charge in [0.05, 0.1) is 4.90 Å². The first-order valence-corrected chi connectivity index (χ1v) is 8.40. The van der Waals surface area contributed by atoms with Crippen LogP contribution in [0.3, 0.4) is 0 Å². The molecule has 0 aromatic heterocycles. The van der Waals surface area contributed by atoms with Crippen molar-refractivity contribution in [2.45, 2.75) is 17.9 Å². The minimum Gasteiger partial charge on any atom is -0.330 e. The summed E-state index contributed by atoms with van der Waals surface area (Å²) < 4.78 is 26.8. The van der Waals surface area contributed by atoms with E-state index in [0.29, 0.717) is 11.6 Å². The summed E-state index contributed by atoms with van der Waals surface area (Å²) in [6, 6.07) is 13.9. The number of hydrogen-bond donors (Lipinski definition) is 2. The van der Waals surface area contributed by atoms with Crippen LogP contribution in [0.4, 0.5) is 0 Å². The second-order valence-corrected chi connectivity index (χ2v) is 6.84. The molecule has 0 aliphatic heterocycles. The SMILES string of the molecule is NCCc1ccc(CNS(=O)(=O)c2cccc(Cl)c2)cc1. The summed E-state index contributed by atoms with van der Waals surface area (Å²) in [5.41, 5.74) is 7.52. The summed E-state index contributed by atoms with van der Waals surface area (Å²) in [6.07, 6.45) is 0.814. The van der Waals surface area contributed by atoms with Crippen LogP contribution in [0.15, 0.2) is 53.4 Å². The molecule has 4 nitrogen and oxygen atoms in total. The van der Waals surface area contributed by atoms with Gasteiger partial charge < -0.3 is 5.73 Å². The number of rotatable bonds is 6. The van der Waals surface area contributed by atoms with Gasteiger partial charge in [0.25, 0.3) is 0 Å². The highest BCUT2D eigenvalue weighted by Gasteiger charge is 2.13. The highest BCUT2D eigenvalue weighted by molar-refractivity contribution is 7.89.